The van der Waals surface area contributed by atoms with Crippen LogP contribution in [0.5, 0.6) is 0 Å². The smallest absolute Gasteiger partial charge is 0.257 e. The first-order valence-electron chi connectivity index (χ1n) is 10.4. The standard InChI is InChI=1S/C24H31N3O4/c1-14(13-31-7)8-16-10-20-18(24(3,4)23(30)27(20)6)11-19(16)25-21(28)17-9-15(2)22(29)26(5)12-17/h9-12,14H,8,13H2,1-7H3,(H,25,28)/t14-/m1/s1. The van der Waals surface area contributed by atoms with E-state index in [2.05, 4.69) is 12.2 Å². The summed E-state index contributed by atoms with van der Waals surface area (Å²) in [7, 11) is 5.08. The van der Waals surface area contributed by atoms with E-state index in [9.17, 15) is 14.4 Å². The molecule has 0 radical (unpaired) electrons. The molecule has 0 unspecified atom stereocenters. The van der Waals surface area contributed by atoms with Gasteiger partial charge in [0.2, 0.25) is 5.91 Å². The minimum absolute atomic E-state index is 0.0237. The molecule has 1 aliphatic heterocycles. The third kappa shape index (κ3) is 4.14. The molecule has 31 heavy (non-hydrogen) atoms. The molecule has 7 nitrogen and oxygen atoms in total. The highest BCUT2D eigenvalue weighted by Crippen LogP contribution is 2.43. The molecule has 3 rings (SSSR count). The summed E-state index contributed by atoms with van der Waals surface area (Å²) in [5.74, 6) is -0.0424. The summed E-state index contributed by atoms with van der Waals surface area (Å²) in [5.41, 5.74) is 3.47. The van der Waals surface area contributed by atoms with E-state index in [0.717, 1.165) is 16.8 Å². The second-order valence-electron chi connectivity index (χ2n) is 9.06. The molecule has 1 aromatic carbocycles. The molecule has 1 aliphatic rings. The number of anilines is 2. The van der Waals surface area contributed by atoms with Crippen molar-refractivity contribution in [1.82, 2.24) is 4.57 Å². The molecule has 166 valence electrons. The highest BCUT2D eigenvalue weighted by molar-refractivity contribution is 6.09. The Morgan fingerprint density at radius 1 is 1.19 bits per heavy atom. The van der Waals surface area contributed by atoms with Crippen LogP contribution in [-0.4, -0.2) is 37.1 Å². The first kappa shape index (κ1) is 22.7. The molecule has 2 aromatic rings. The van der Waals surface area contributed by atoms with Gasteiger partial charge in [-0.15, -0.1) is 0 Å². The third-order valence-electron chi connectivity index (χ3n) is 5.99. The van der Waals surface area contributed by atoms with E-state index in [0.29, 0.717) is 29.8 Å². The normalized spacial score (nSPS) is 15.7. The molecule has 2 amide bonds. The summed E-state index contributed by atoms with van der Waals surface area (Å²) in [5, 5.41) is 3.02. The minimum atomic E-state index is -0.673. The fraction of sp³-hybridized carbons (Fsp3) is 0.458. The monoisotopic (exact) mass is 425 g/mol. The molecule has 0 saturated heterocycles. The maximum atomic E-state index is 13.1. The van der Waals surface area contributed by atoms with Crippen LogP contribution in [0.25, 0.3) is 0 Å². The Balaban J connectivity index is 2.05. The second kappa shape index (κ2) is 8.30. The van der Waals surface area contributed by atoms with Crippen LogP contribution in [0.3, 0.4) is 0 Å². The summed E-state index contributed by atoms with van der Waals surface area (Å²) >= 11 is 0. The molecule has 0 saturated carbocycles. The van der Waals surface area contributed by atoms with Gasteiger partial charge in [-0.2, -0.15) is 0 Å². The van der Waals surface area contributed by atoms with Crippen molar-refractivity contribution in [3.63, 3.8) is 0 Å². The lowest BCUT2D eigenvalue weighted by Gasteiger charge is -2.20. The van der Waals surface area contributed by atoms with Gasteiger partial charge in [-0.25, -0.2) is 0 Å². The number of fused-ring (bicyclic) bond motifs is 1. The number of carbonyl (C=O) groups excluding carboxylic acids is 2. The number of hydrogen-bond donors (Lipinski definition) is 1. The molecular formula is C24H31N3O4. The number of hydrogen-bond acceptors (Lipinski definition) is 4. The van der Waals surface area contributed by atoms with E-state index < -0.39 is 5.41 Å². The molecule has 2 heterocycles. The molecule has 1 N–H and O–H groups in total. The maximum Gasteiger partial charge on any atom is 0.257 e. The van der Waals surface area contributed by atoms with Crippen LogP contribution in [0.15, 0.2) is 29.2 Å². The number of carbonyl (C=O) groups is 2. The van der Waals surface area contributed by atoms with Gasteiger partial charge in [0.25, 0.3) is 11.5 Å². The van der Waals surface area contributed by atoms with E-state index in [1.54, 1.807) is 39.1 Å². The lowest BCUT2D eigenvalue weighted by molar-refractivity contribution is -0.121. The number of aromatic nitrogens is 1. The number of benzene rings is 1. The molecule has 0 bridgehead atoms. The van der Waals surface area contributed by atoms with Crippen LogP contribution >= 0.6 is 0 Å². The highest BCUT2D eigenvalue weighted by Gasteiger charge is 2.42. The summed E-state index contributed by atoms with van der Waals surface area (Å²) in [6, 6.07) is 5.51. The molecule has 7 heteroatoms. The van der Waals surface area contributed by atoms with Crippen molar-refractivity contribution in [2.24, 2.45) is 13.0 Å². The number of likely N-dealkylation sites (N-methyl/N-ethyl adjacent to an activating group) is 1. The Bertz CT molecular complexity index is 1070. The largest absolute Gasteiger partial charge is 0.384 e. The van der Waals surface area contributed by atoms with Gasteiger partial charge < -0.3 is 19.5 Å². The molecule has 0 aliphatic carbocycles. The fourth-order valence-corrected chi connectivity index (χ4v) is 4.25. The third-order valence-corrected chi connectivity index (χ3v) is 5.99. The zero-order chi connectivity index (χ0) is 23.1. The van der Waals surface area contributed by atoms with Crippen LogP contribution in [0, 0.1) is 12.8 Å². The number of aryl methyl sites for hydroxylation is 2. The zero-order valence-electron chi connectivity index (χ0n) is 19.3. The average molecular weight is 426 g/mol. The van der Waals surface area contributed by atoms with Crippen molar-refractivity contribution in [2.45, 2.75) is 39.5 Å². The zero-order valence-corrected chi connectivity index (χ0v) is 19.3. The number of methoxy groups -OCH3 is 1. The molecule has 1 aromatic heterocycles. The molecule has 0 fully saturated rings. The quantitative estimate of drug-likeness (QED) is 0.771. The highest BCUT2D eigenvalue weighted by atomic mass is 16.5. The van der Waals surface area contributed by atoms with Gasteiger partial charge in [0.05, 0.1) is 11.0 Å². The van der Waals surface area contributed by atoms with Gasteiger partial charge >= 0.3 is 0 Å². The van der Waals surface area contributed by atoms with Crippen LogP contribution in [0.4, 0.5) is 11.4 Å². The number of rotatable bonds is 6. The van der Waals surface area contributed by atoms with Crippen molar-refractivity contribution in [2.75, 3.05) is 31.0 Å². The first-order chi connectivity index (χ1) is 14.5. The van der Waals surface area contributed by atoms with E-state index in [-0.39, 0.29) is 23.3 Å². The van der Waals surface area contributed by atoms with E-state index in [4.69, 9.17) is 4.74 Å². The van der Waals surface area contributed by atoms with Crippen molar-refractivity contribution >= 4 is 23.2 Å². The maximum absolute atomic E-state index is 13.1. The van der Waals surface area contributed by atoms with Gasteiger partial charge in [0.15, 0.2) is 0 Å². The van der Waals surface area contributed by atoms with Crippen LogP contribution in [0.1, 0.15) is 47.8 Å². The Hall–Kier alpha value is -2.93. The van der Waals surface area contributed by atoms with E-state index >= 15 is 0 Å². The van der Waals surface area contributed by atoms with Crippen LogP contribution in [-0.2, 0) is 28.4 Å². The van der Waals surface area contributed by atoms with Gasteiger partial charge in [-0.05, 0) is 62.4 Å². The van der Waals surface area contributed by atoms with E-state index in [1.165, 1.54) is 10.8 Å². The number of ether oxygens (including phenoxy) is 1. The Morgan fingerprint density at radius 2 is 1.87 bits per heavy atom. The minimum Gasteiger partial charge on any atom is -0.384 e. The van der Waals surface area contributed by atoms with Crippen molar-refractivity contribution in [3.8, 4) is 0 Å². The predicted octanol–water partition coefficient (Wildman–Crippen LogP) is 3.03. The fourth-order valence-electron chi connectivity index (χ4n) is 4.25. The van der Waals surface area contributed by atoms with Gasteiger partial charge in [0.1, 0.15) is 0 Å². The Kier molecular flexibility index (Phi) is 6.09. The SMILES string of the molecule is COC[C@H](C)Cc1cc2c(cc1NC(=O)c1cc(C)c(=O)n(C)c1)C(C)(C)C(=O)N2C. The van der Waals surface area contributed by atoms with Crippen molar-refractivity contribution in [1.29, 1.82) is 0 Å². The number of amides is 2. The topological polar surface area (TPSA) is 80.6 Å². The first-order valence-corrected chi connectivity index (χ1v) is 10.4. The second-order valence-corrected chi connectivity index (χ2v) is 9.06. The number of pyridine rings is 1. The number of nitrogens with one attached hydrogen (secondary N) is 1. The summed E-state index contributed by atoms with van der Waals surface area (Å²) in [6.45, 7) is 8.15. The lowest BCUT2D eigenvalue weighted by Crippen LogP contribution is -2.33. The molecule has 0 spiro atoms. The summed E-state index contributed by atoms with van der Waals surface area (Å²) in [6.07, 6.45) is 2.22. The molecular weight excluding hydrogens is 394 g/mol. The number of nitrogens with zero attached hydrogens (tertiary/aromatic N) is 2. The molecule has 1 atom stereocenters. The Morgan fingerprint density at radius 3 is 2.48 bits per heavy atom. The van der Waals surface area contributed by atoms with Gasteiger partial charge in [-0.1, -0.05) is 6.92 Å². The lowest BCUT2D eigenvalue weighted by atomic mass is 9.84. The summed E-state index contributed by atoms with van der Waals surface area (Å²) < 4.78 is 6.69. The van der Waals surface area contributed by atoms with Crippen molar-refractivity contribution in [3.05, 3.63) is 57.0 Å². The summed E-state index contributed by atoms with van der Waals surface area (Å²) in [4.78, 5) is 39.5. The van der Waals surface area contributed by atoms with Gasteiger partial charge in [0, 0.05) is 50.9 Å². The van der Waals surface area contributed by atoms with Gasteiger partial charge in [-0.3, -0.25) is 14.4 Å². The van der Waals surface area contributed by atoms with E-state index in [1.807, 2.05) is 26.0 Å². The average Bonchev–Trinajstić information content (AvgIpc) is 2.86. The Labute approximate surface area is 183 Å². The predicted molar refractivity (Wildman–Crippen MR) is 122 cm³/mol. The van der Waals surface area contributed by atoms with Crippen molar-refractivity contribution < 1.29 is 14.3 Å². The van der Waals surface area contributed by atoms with Crippen LogP contribution in [0.2, 0.25) is 0 Å². The van der Waals surface area contributed by atoms with Crippen LogP contribution < -0.4 is 15.8 Å².